The number of ether oxygens (including phenoxy) is 1. The van der Waals surface area contributed by atoms with Gasteiger partial charge in [-0.05, 0) is 28.8 Å². The summed E-state index contributed by atoms with van der Waals surface area (Å²) < 4.78 is 18.5. The Kier molecular flexibility index (Phi) is 5.31. The number of aliphatic hydroxyl groups excluding tert-OH is 1. The molecule has 0 aliphatic carbocycles. The first-order chi connectivity index (χ1) is 12.6. The highest BCUT2D eigenvalue weighted by molar-refractivity contribution is 5.81. The quantitative estimate of drug-likeness (QED) is 0.894. The summed E-state index contributed by atoms with van der Waals surface area (Å²) in [6.45, 7) is -0.414. The van der Waals surface area contributed by atoms with Gasteiger partial charge >= 0.3 is 0 Å². The molecule has 3 rings (SSSR count). The van der Waals surface area contributed by atoms with Crippen molar-refractivity contribution in [2.45, 2.75) is 18.0 Å². The number of carbonyl (C=O) groups is 1. The molecular weight excluding hydrogens is 335 g/mol. The van der Waals surface area contributed by atoms with Gasteiger partial charge in [-0.3, -0.25) is 4.79 Å². The number of hydrogen-bond acceptors (Lipinski definition) is 4. The number of halogens is 1. The van der Waals surface area contributed by atoms with E-state index in [2.05, 4.69) is 6.07 Å². The van der Waals surface area contributed by atoms with Crippen molar-refractivity contribution in [1.29, 1.82) is 5.26 Å². The molecule has 0 aromatic heterocycles. The lowest BCUT2D eigenvalue weighted by Crippen LogP contribution is -2.66. The second-order valence-corrected chi connectivity index (χ2v) is 6.18. The van der Waals surface area contributed by atoms with Crippen molar-refractivity contribution >= 4 is 5.91 Å². The molecule has 1 saturated heterocycles. The normalized spacial score (nSPS) is 21.8. The molecule has 1 aliphatic rings. The predicted molar refractivity (Wildman–Crippen MR) is 93.6 cm³/mol. The molecule has 2 aromatic carbocycles. The number of methoxy groups -OCH3 is 1. The van der Waals surface area contributed by atoms with Crippen LogP contribution in [0.5, 0.6) is 0 Å². The molecule has 6 heteroatoms. The van der Waals surface area contributed by atoms with E-state index in [0.29, 0.717) is 5.56 Å². The first-order valence-corrected chi connectivity index (χ1v) is 8.27. The molecule has 3 atom stereocenters. The molecule has 0 bridgehead atoms. The smallest absolute Gasteiger partial charge is 0.249 e. The van der Waals surface area contributed by atoms with E-state index in [1.165, 1.54) is 24.1 Å². The van der Waals surface area contributed by atoms with Crippen LogP contribution in [0.4, 0.5) is 4.39 Å². The summed E-state index contributed by atoms with van der Waals surface area (Å²) in [4.78, 5) is 13.6. The van der Waals surface area contributed by atoms with Crippen molar-refractivity contribution in [1.82, 2.24) is 4.90 Å². The standard InChI is InChI=1S/C20H19FN2O3/c1-26-12-19(25)23-17(10-22)20(18(23)11-24)16-8-3-2-7-15(16)13-5-4-6-14(21)9-13/h2-9,17-18,20,24H,11-12H2,1H3/t17-,18+,20-/m0/s1. The van der Waals surface area contributed by atoms with E-state index >= 15 is 0 Å². The number of likely N-dealkylation sites (tertiary alicyclic amines) is 1. The van der Waals surface area contributed by atoms with E-state index < -0.39 is 12.1 Å². The van der Waals surface area contributed by atoms with Crippen molar-refractivity contribution in [3.63, 3.8) is 0 Å². The minimum atomic E-state index is -0.704. The van der Waals surface area contributed by atoms with Crippen molar-refractivity contribution in [3.05, 3.63) is 59.9 Å². The molecule has 1 aliphatic heterocycles. The maximum absolute atomic E-state index is 13.7. The van der Waals surface area contributed by atoms with Gasteiger partial charge in [0.05, 0.1) is 18.7 Å². The highest BCUT2D eigenvalue weighted by Gasteiger charge is 2.52. The molecule has 134 valence electrons. The molecule has 0 spiro atoms. The van der Waals surface area contributed by atoms with Crippen LogP contribution >= 0.6 is 0 Å². The average Bonchev–Trinajstić information content (AvgIpc) is 2.62. The second-order valence-electron chi connectivity index (χ2n) is 6.18. The van der Waals surface area contributed by atoms with Crippen molar-refractivity contribution in [2.75, 3.05) is 20.3 Å². The van der Waals surface area contributed by atoms with Crippen LogP contribution in [0.1, 0.15) is 11.5 Å². The van der Waals surface area contributed by atoms with Gasteiger partial charge < -0.3 is 14.7 Å². The first kappa shape index (κ1) is 18.1. The molecule has 0 saturated carbocycles. The van der Waals surface area contributed by atoms with Crippen molar-refractivity contribution in [3.8, 4) is 17.2 Å². The summed E-state index contributed by atoms with van der Waals surface area (Å²) >= 11 is 0. The summed E-state index contributed by atoms with van der Waals surface area (Å²) in [5.41, 5.74) is 2.29. The van der Waals surface area contributed by atoms with Crippen LogP contribution < -0.4 is 0 Å². The average molecular weight is 354 g/mol. The summed E-state index contributed by atoms with van der Waals surface area (Å²) in [6, 6.07) is 14.5. The Bertz CT molecular complexity index is 849. The molecule has 0 radical (unpaired) electrons. The Morgan fingerprint density at radius 2 is 2.08 bits per heavy atom. The molecule has 1 fully saturated rings. The fourth-order valence-corrected chi connectivity index (χ4v) is 3.63. The van der Waals surface area contributed by atoms with E-state index in [0.717, 1.165) is 11.1 Å². The third kappa shape index (κ3) is 3.07. The molecule has 0 unspecified atom stereocenters. The number of nitriles is 1. The van der Waals surface area contributed by atoms with Gasteiger partial charge in [-0.15, -0.1) is 0 Å². The third-order valence-corrected chi connectivity index (χ3v) is 4.74. The van der Waals surface area contributed by atoms with Gasteiger partial charge in [0.15, 0.2) is 0 Å². The van der Waals surface area contributed by atoms with E-state index in [4.69, 9.17) is 4.74 Å². The van der Waals surface area contributed by atoms with Crippen LogP contribution in [-0.2, 0) is 9.53 Å². The van der Waals surface area contributed by atoms with Gasteiger partial charge in [-0.1, -0.05) is 36.4 Å². The van der Waals surface area contributed by atoms with Gasteiger partial charge in [0, 0.05) is 13.0 Å². The van der Waals surface area contributed by atoms with Crippen LogP contribution in [0, 0.1) is 17.1 Å². The van der Waals surface area contributed by atoms with Crippen LogP contribution in [-0.4, -0.2) is 48.3 Å². The number of amides is 1. The number of carbonyl (C=O) groups excluding carboxylic acids is 1. The van der Waals surface area contributed by atoms with Gasteiger partial charge in [-0.25, -0.2) is 4.39 Å². The van der Waals surface area contributed by atoms with Gasteiger partial charge in [0.25, 0.3) is 0 Å². The van der Waals surface area contributed by atoms with Crippen LogP contribution in [0.2, 0.25) is 0 Å². The highest BCUT2D eigenvalue weighted by Crippen LogP contribution is 2.44. The maximum atomic E-state index is 13.7. The fraction of sp³-hybridized carbons (Fsp3) is 0.300. The highest BCUT2D eigenvalue weighted by atomic mass is 19.1. The minimum absolute atomic E-state index is 0.146. The molecule has 2 aromatic rings. The SMILES string of the molecule is COCC(=O)N1[C@H](CO)[C@@H](c2ccccc2-c2cccc(F)c2)[C@@H]1C#N. The second kappa shape index (κ2) is 7.65. The summed E-state index contributed by atoms with van der Waals surface area (Å²) in [7, 11) is 1.41. The Hall–Kier alpha value is -2.75. The van der Waals surface area contributed by atoms with E-state index in [1.807, 2.05) is 24.3 Å². The number of hydrogen-bond donors (Lipinski definition) is 1. The van der Waals surface area contributed by atoms with E-state index in [9.17, 15) is 19.6 Å². The van der Waals surface area contributed by atoms with Gasteiger partial charge in [0.1, 0.15) is 18.5 Å². The number of aliphatic hydroxyl groups is 1. The Morgan fingerprint density at radius 3 is 2.73 bits per heavy atom. The lowest BCUT2D eigenvalue weighted by molar-refractivity contribution is -0.150. The Morgan fingerprint density at radius 1 is 1.31 bits per heavy atom. The third-order valence-electron chi connectivity index (χ3n) is 4.74. The fourth-order valence-electron chi connectivity index (χ4n) is 3.63. The van der Waals surface area contributed by atoms with Gasteiger partial charge in [-0.2, -0.15) is 5.26 Å². The molecule has 5 nitrogen and oxygen atoms in total. The van der Waals surface area contributed by atoms with Crippen LogP contribution in [0.3, 0.4) is 0 Å². The Balaban J connectivity index is 2.01. The van der Waals surface area contributed by atoms with E-state index in [1.54, 1.807) is 12.1 Å². The molecular formula is C20H19FN2O3. The molecule has 1 N–H and O–H groups in total. The van der Waals surface area contributed by atoms with Crippen molar-refractivity contribution in [2.24, 2.45) is 0 Å². The first-order valence-electron chi connectivity index (χ1n) is 8.27. The summed E-state index contributed by atoms with van der Waals surface area (Å²) in [6.07, 6.45) is 0. The molecule has 1 heterocycles. The zero-order chi connectivity index (χ0) is 18.7. The minimum Gasteiger partial charge on any atom is -0.394 e. The summed E-state index contributed by atoms with van der Waals surface area (Å²) in [5.74, 6) is -1.04. The topological polar surface area (TPSA) is 73.6 Å². The predicted octanol–water partition coefficient (Wildman–Crippen LogP) is 2.32. The number of benzene rings is 2. The Labute approximate surface area is 151 Å². The molecule has 26 heavy (non-hydrogen) atoms. The lowest BCUT2D eigenvalue weighted by Gasteiger charge is -2.52. The van der Waals surface area contributed by atoms with Crippen molar-refractivity contribution < 1.29 is 19.0 Å². The van der Waals surface area contributed by atoms with Crippen LogP contribution in [0.15, 0.2) is 48.5 Å². The summed E-state index contributed by atoms with van der Waals surface area (Å²) in [5, 5.41) is 19.4. The van der Waals surface area contributed by atoms with Crippen LogP contribution in [0.25, 0.3) is 11.1 Å². The van der Waals surface area contributed by atoms with Gasteiger partial charge in [0.2, 0.25) is 5.91 Å². The number of rotatable bonds is 5. The number of nitrogens with zero attached hydrogens (tertiary/aromatic N) is 2. The maximum Gasteiger partial charge on any atom is 0.249 e. The monoisotopic (exact) mass is 354 g/mol. The lowest BCUT2D eigenvalue weighted by atomic mass is 9.73. The zero-order valence-corrected chi connectivity index (χ0v) is 14.3. The van der Waals surface area contributed by atoms with E-state index in [-0.39, 0.29) is 30.9 Å². The largest absolute Gasteiger partial charge is 0.394 e. The zero-order valence-electron chi connectivity index (χ0n) is 14.3. The molecule has 1 amide bonds.